The van der Waals surface area contributed by atoms with Gasteiger partial charge in [-0.15, -0.1) is 0 Å². The number of nitrogens with zero attached hydrogens (tertiary/aromatic N) is 1. The summed E-state index contributed by atoms with van der Waals surface area (Å²) in [7, 11) is 0. The standard InChI is InChI=1S/C21H26N2O2/c1-17-7-6-8-18(13-17)14-22-15-19-9-2-3-10-20(19)25-16-21(24)23-11-4-5-12-23/h2-3,6-10,13,22H,4-5,11-12,14-16H2,1H3. The zero-order valence-electron chi connectivity index (χ0n) is 14.8. The van der Waals surface area contributed by atoms with Gasteiger partial charge in [0.1, 0.15) is 5.75 Å². The Kier molecular flexibility index (Phi) is 6.07. The van der Waals surface area contributed by atoms with Crippen molar-refractivity contribution >= 4 is 5.91 Å². The van der Waals surface area contributed by atoms with Crippen LogP contribution in [0.15, 0.2) is 48.5 Å². The molecule has 1 aliphatic rings. The minimum absolute atomic E-state index is 0.0834. The molecule has 4 heteroatoms. The smallest absolute Gasteiger partial charge is 0.260 e. The summed E-state index contributed by atoms with van der Waals surface area (Å²) in [4.78, 5) is 14.0. The Morgan fingerprint density at radius 1 is 1.08 bits per heavy atom. The van der Waals surface area contributed by atoms with Crippen molar-refractivity contribution in [2.45, 2.75) is 32.9 Å². The van der Waals surface area contributed by atoms with Crippen molar-refractivity contribution in [3.63, 3.8) is 0 Å². The third kappa shape index (κ3) is 5.07. The number of hydrogen-bond acceptors (Lipinski definition) is 3. The second kappa shape index (κ2) is 8.67. The first-order chi connectivity index (χ1) is 12.2. The molecule has 0 spiro atoms. The van der Waals surface area contributed by atoms with E-state index in [2.05, 4.69) is 36.5 Å². The Labute approximate surface area is 149 Å². The zero-order chi connectivity index (χ0) is 17.5. The molecular weight excluding hydrogens is 312 g/mol. The van der Waals surface area contributed by atoms with Gasteiger partial charge in [0.15, 0.2) is 6.61 Å². The van der Waals surface area contributed by atoms with E-state index < -0.39 is 0 Å². The van der Waals surface area contributed by atoms with Gasteiger partial charge in [-0.05, 0) is 31.4 Å². The maximum absolute atomic E-state index is 12.1. The number of ether oxygens (including phenoxy) is 1. The lowest BCUT2D eigenvalue weighted by molar-refractivity contribution is -0.132. The third-order valence-electron chi connectivity index (χ3n) is 4.51. The number of hydrogen-bond donors (Lipinski definition) is 1. The summed E-state index contributed by atoms with van der Waals surface area (Å²) in [6.45, 7) is 5.47. The zero-order valence-corrected chi connectivity index (χ0v) is 14.8. The minimum Gasteiger partial charge on any atom is -0.483 e. The summed E-state index contributed by atoms with van der Waals surface area (Å²) >= 11 is 0. The summed E-state index contributed by atoms with van der Waals surface area (Å²) in [6, 6.07) is 16.4. The highest BCUT2D eigenvalue weighted by Crippen LogP contribution is 2.18. The van der Waals surface area contributed by atoms with Crippen LogP contribution in [0.5, 0.6) is 5.75 Å². The highest BCUT2D eigenvalue weighted by molar-refractivity contribution is 5.78. The molecule has 1 saturated heterocycles. The summed E-state index contributed by atoms with van der Waals surface area (Å²) in [5.41, 5.74) is 3.61. The molecule has 2 aromatic carbocycles. The Morgan fingerprint density at radius 3 is 2.68 bits per heavy atom. The molecule has 1 aliphatic heterocycles. The van der Waals surface area contributed by atoms with E-state index in [0.717, 1.165) is 43.8 Å². The molecule has 3 rings (SSSR count). The van der Waals surface area contributed by atoms with Crippen molar-refractivity contribution in [2.24, 2.45) is 0 Å². The van der Waals surface area contributed by atoms with E-state index in [-0.39, 0.29) is 12.5 Å². The fraction of sp³-hybridized carbons (Fsp3) is 0.381. The average Bonchev–Trinajstić information content (AvgIpc) is 3.15. The average molecular weight is 338 g/mol. The first kappa shape index (κ1) is 17.5. The molecule has 25 heavy (non-hydrogen) atoms. The van der Waals surface area contributed by atoms with E-state index in [1.165, 1.54) is 11.1 Å². The van der Waals surface area contributed by atoms with Crippen LogP contribution in [0.3, 0.4) is 0 Å². The quantitative estimate of drug-likeness (QED) is 0.842. The number of likely N-dealkylation sites (tertiary alicyclic amines) is 1. The number of para-hydroxylation sites is 1. The van der Waals surface area contributed by atoms with Crippen molar-refractivity contribution in [1.29, 1.82) is 0 Å². The van der Waals surface area contributed by atoms with Crippen LogP contribution in [-0.2, 0) is 17.9 Å². The van der Waals surface area contributed by atoms with Crippen LogP contribution in [-0.4, -0.2) is 30.5 Å². The predicted octanol–water partition coefficient (Wildman–Crippen LogP) is 3.29. The molecule has 132 valence electrons. The van der Waals surface area contributed by atoms with Crippen LogP contribution in [0.1, 0.15) is 29.5 Å². The van der Waals surface area contributed by atoms with E-state index in [1.54, 1.807) is 0 Å². The van der Waals surface area contributed by atoms with Crippen LogP contribution in [0.2, 0.25) is 0 Å². The second-order valence-corrected chi connectivity index (χ2v) is 6.58. The van der Waals surface area contributed by atoms with Gasteiger partial charge in [0.2, 0.25) is 0 Å². The molecule has 0 aliphatic carbocycles. The molecule has 0 saturated carbocycles. The lowest BCUT2D eigenvalue weighted by atomic mass is 10.1. The van der Waals surface area contributed by atoms with Gasteiger partial charge >= 0.3 is 0 Å². The molecule has 1 fully saturated rings. The van der Waals surface area contributed by atoms with E-state index in [9.17, 15) is 4.79 Å². The number of benzene rings is 2. The predicted molar refractivity (Wildman–Crippen MR) is 99.5 cm³/mol. The van der Waals surface area contributed by atoms with Gasteiger partial charge in [-0.2, -0.15) is 0 Å². The van der Waals surface area contributed by atoms with Gasteiger partial charge in [0.05, 0.1) is 0 Å². The molecule has 0 bridgehead atoms. The monoisotopic (exact) mass is 338 g/mol. The number of rotatable bonds is 7. The van der Waals surface area contributed by atoms with Crippen molar-refractivity contribution in [1.82, 2.24) is 10.2 Å². The van der Waals surface area contributed by atoms with Crippen molar-refractivity contribution < 1.29 is 9.53 Å². The highest BCUT2D eigenvalue weighted by atomic mass is 16.5. The SMILES string of the molecule is Cc1cccc(CNCc2ccccc2OCC(=O)N2CCCC2)c1. The largest absolute Gasteiger partial charge is 0.483 e. The van der Waals surface area contributed by atoms with Gasteiger partial charge in [-0.25, -0.2) is 0 Å². The van der Waals surface area contributed by atoms with Crippen LogP contribution >= 0.6 is 0 Å². The first-order valence-electron chi connectivity index (χ1n) is 8.97. The van der Waals surface area contributed by atoms with Crippen LogP contribution in [0.25, 0.3) is 0 Å². The molecule has 1 N–H and O–H groups in total. The maximum Gasteiger partial charge on any atom is 0.260 e. The number of nitrogens with one attached hydrogen (secondary N) is 1. The second-order valence-electron chi connectivity index (χ2n) is 6.58. The van der Waals surface area contributed by atoms with Gasteiger partial charge in [0.25, 0.3) is 5.91 Å². The molecule has 0 radical (unpaired) electrons. The van der Waals surface area contributed by atoms with Crippen molar-refractivity contribution in [3.05, 3.63) is 65.2 Å². The Bertz CT molecular complexity index is 709. The van der Waals surface area contributed by atoms with Gasteiger partial charge in [-0.1, -0.05) is 48.0 Å². The Morgan fingerprint density at radius 2 is 1.88 bits per heavy atom. The van der Waals surface area contributed by atoms with Gasteiger partial charge in [-0.3, -0.25) is 4.79 Å². The Hall–Kier alpha value is -2.33. The van der Waals surface area contributed by atoms with Crippen molar-refractivity contribution in [3.8, 4) is 5.75 Å². The van der Waals surface area contributed by atoms with Crippen LogP contribution < -0.4 is 10.1 Å². The molecule has 1 amide bonds. The minimum atomic E-state index is 0.0834. The lowest BCUT2D eigenvalue weighted by Gasteiger charge is -2.17. The van der Waals surface area contributed by atoms with E-state index in [0.29, 0.717) is 6.54 Å². The molecule has 4 nitrogen and oxygen atoms in total. The molecular formula is C21H26N2O2. The first-order valence-corrected chi connectivity index (χ1v) is 8.97. The van der Waals surface area contributed by atoms with E-state index in [4.69, 9.17) is 4.74 Å². The number of carbonyl (C=O) groups excluding carboxylic acids is 1. The molecule has 0 aromatic heterocycles. The van der Waals surface area contributed by atoms with Gasteiger partial charge in [0, 0.05) is 31.7 Å². The molecule has 0 unspecified atom stereocenters. The summed E-state index contributed by atoms with van der Waals surface area (Å²) in [5.74, 6) is 0.867. The van der Waals surface area contributed by atoms with E-state index >= 15 is 0 Å². The fourth-order valence-corrected chi connectivity index (χ4v) is 3.15. The fourth-order valence-electron chi connectivity index (χ4n) is 3.15. The number of carbonyl (C=O) groups is 1. The van der Waals surface area contributed by atoms with Crippen molar-refractivity contribution in [2.75, 3.05) is 19.7 Å². The topological polar surface area (TPSA) is 41.6 Å². The molecule has 0 atom stereocenters. The van der Waals surface area contributed by atoms with Gasteiger partial charge < -0.3 is 15.0 Å². The molecule has 1 heterocycles. The normalized spacial score (nSPS) is 13.9. The summed E-state index contributed by atoms with van der Waals surface area (Å²) in [5, 5.41) is 3.45. The number of amides is 1. The van der Waals surface area contributed by atoms with Crippen LogP contribution in [0.4, 0.5) is 0 Å². The Balaban J connectivity index is 1.52. The number of aryl methyl sites for hydroxylation is 1. The third-order valence-corrected chi connectivity index (χ3v) is 4.51. The summed E-state index contributed by atoms with van der Waals surface area (Å²) < 4.78 is 5.80. The highest BCUT2D eigenvalue weighted by Gasteiger charge is 2.18. The molecule has 2 aromatic rings. The van der Waals surface area contributed by atoms with Crippen LogP contribution in [0, 0.1) is 6.92 Å². The van der Waals surface area contributed by atoms with E-state index in [1.807, 2.05) is 29.2 Å². The summed E-state index contributed by atoms with van der Waals surface area (Å²) in [6.07, 6.45) is 2.20. The maximum atomic E-state index is 12.1. The lowest BCUT2D eigenvalue weighted by Crippen LogP contribution is -2.32.